The van der Waals surface area contributed by atoms with Gasteiger partial charge >= 0.3 is 0 Å². The molecule has 3 rings (SSSR count). The van der Waals surface area contributed by atoms with Gasteiger partial charge in [0, 0.05) is 10.9 Å². The van der Waals surface area contributed by atoms with Gasteiger partial charge in [-0.1, -0.05) is 24.3 Å². The molecule has 0 spiro atoms. The average molecular weight is 217 g/mol. The van der Waals surface area contributed by atoms with Gasteiger partial charge in [0.25, 0.3) is 0 Å². The lowest BCUT2D eigenvalue weighted by Gasteiger charge is -2.29. The van der Waals surface area contributed by atoms with Gasteiger partial charge in [0.2, 0.25) is 0 Å². The second-order valence-electron chi connectivity index (χ2n) is 3.82. The number of benzene rings is 1. The predicted octanol–water partition coefficient (Wildman–Crippen LogP) is 2.55. The maximum absolute atomic E-state index is 5.98. The first-order valence-corrected chi connectivity index (χ1v) is 6.81. The van der Waals surface area contributed by atoms with Crippen molar-refractivity contribution in [2.75, 3.05) is 6.26 Å². The van der Waals surface area contributed by atoms with Crippen molar-refractivity contribution in [1.82, 2.24) is 0 Å². The van der Waals surface area contributed by atoms with Crippen LogP contribution in [0.25, 0.3) is 0 Å². The predicted molar refractivity (Wildman–Crippen MR) is 64.5 cm³/mol. The van der Waals surface area contributed by atoms with Gasteiger partial charge in [-0.15, -0.1) is 0 Å². The summed E-state index contributed by atoms with van der Waals surface area (Å²) in [5.74, 6) is 1.06. The molecule has 0 bridgehead atoms. The van der Waals surface area contributed by atoms with Crippen LogP contribution in [0.3, 0.4) is 0 Å². The Morgan fingerprint density at radius 2 is 1.93 bits per heavy atom. The van der Waals surface area contributed by atoms with Crippen LogP contribution in [0.4, 0.5) is 0 Å². The van der Waals surface area contributed by atoms with Crippen LogP contribution in [0, 0.1) is 0 Å². The van der Waals surface area contributed by atoms with E-state index in [1.807, 2.05) is 6.07 Å². The number of allylic oxidation sites excluding steroid dienone is 2. The SMILES string of the molecule is C[S+]1c2ccccc2OC2C=CC=CC21. The van der Waals surface area contributed by atoms with E-state index in [9.17, 15) is 0 Å². The van der Waals surface area contributed by atoms with E-state index >= 15 is 0 Å². The first-order valence-electron chi connectivity index (χ1n) is 5.12. The molecule has 76 valence electrons. The van der Waals surface area contributed by atoms with Crippen LogP contribution in [0.15, 0.2) is 53.5 Å². The highest BCUT2D eigenvalue weighted by Crippen LogP contribution is 2.36. The van der Waals surface area contributed by atoms with Crippen LogP contribution in [-0.2, 0) is 10.9 Å². The summed E-state index contributed by atoms with van der Waals surface area (Å²) in [5.41, 5.74) is 0. The molecule has 0 aromatic heterocycles. The van der Waals surface area contributed by atoms with E-state index in [0.717, 1.165) is 5.75 Å². The van der Waals surface area contributed by atoms with Crippen LogP contribution in [0.1, 0.15) is 0 Å². The Hall–Kier alpha value is -1.15. The highest BCUT2D eigenvalue weighted by atomic mass is 32.2. The third-order valence-electron chi connectivity index (χ3n) is 2.90. The Kier molecular flexibility index (Phi) is 2.10. The van der Waals surface area contributed by atoms with Crippen LogP contribution in [-0.4, -0.2) is 17.6 Å². The van der Waals surface area contributed by atoms with Crippen molar-refractivity contribution in [1.29, 1.82) is 0 Å². The van der Waals surface area contributed by atoms with E-state index in [2.05, 4.69) is 48.8 Å². The van der Waals surface area contributed by atoms with Crippen molar-refractivity contribution in [2.45, 2.75) is 16.2 Å². The van der Waals surface area contributed by atoms with Crippen molar-refractivity contribution >= 4 is 10.9 Å². The molecule has 2 heteroatoms. The maximum atomic E-state index is 5.98. The summed E-state index contributed by atoms with van der Waals surface area (Å²) in [6.07, 6.45) is 11.2. The quantitative estimate of drug-likeness (QED) is 0.607. The van der Waals surface area contributed by atoms with Gasteiger partial charge in [0.05, 0.1) is 0 Å². The largest absolute Gasteiger partial charge is 0.475 e. The zero-order chi connectivity index (χ0) is 10.3. The summed E-state index contributed by atoms with van der Waals surface area (Å²) in [7, 11) is 0.255. The van der Waals surface area contributed by atoms with Gasteiger partial charge in [-0.25, -0.2) is 0 Å². The number of para-hydroxylation sites is 1. The molecule has 1 aromatic rings. The number of rotatable bonds is 0. The average Bonchev–Trinajstić information content (AvgIpc) is 2.30. The minimum Gasteiger partial charge on any atom is -0.475 e. The molecular weight excluding hydrogens is 204 g/mol. The molecular formula is C13H13OS+. The lowest BCUT2D eigenvalue weighted by Crippen LogP contribution is -2.40. The Morgan fingerprint density at radius 3 is 2.87 bits per heavy atom. The van der Waals surface area contributed by atoms with Crippen molar-refractivity contribution in [3.8, 4) is 5.75 Å². The number of ether oxygens (including phenoxy) is 1. The fraction of sp³-hybridized carbons (Fsp3) is 0.231. The summed E-state index contributed by atoms with van der Waals surface area (Å²) < 4.78 is 5.98. The molecule has 3 atom stereocenters. The smallest absolute Gasteiger partial charge is 0.197 e. The first-order chi connectivity index (χ1) is 7.36. The fourth-order valence-electron chi connectivity index (χ4n) is 2.10. The maximum Gasteiger partial charge on any atom is 0.197 e. The normalized spacial score (nSPS) is 31.7. The fourth-order valence-corrected chi connectivity index (χ4v) is 3.99. The summed E-state index contributed by atoms with van der Waals surface area (Å²) in [4.78, 5) is 1.36. The van der Waals surface area contributed by atoms with E-state index < -0.39 is 0 Å². The molecule has 0 fully saturated rings. The zero-order valence-corrected chi connectivity index (χ0v) is 9.41. The topological polar surface area (TPSA) is 9.23 Å². The van der Waals surface area contributed by atoms with Crippen molar-refractivity contribution in [3.05, 3.63) is 48.6 Å². The molecule has 1 aliphatic carbocycles. The second kappa shape index (κ2) is 3.46. The second-order valence-corrected chi connectivity index (χ2v) is 5.92. The van der Waals surface area contributed by atoms with Crippen molar-refractivity contribution in [2.24, 2.45) is 0 Å². The molecule has 0 amide bonds. The Morgan fingerprint density at radius 1 is 1.13 bits per heavy atom. The minimum absolute atomic E-state index is 0.234. The molecule has 0 saturated carbocycles. The van der Waals surface area contributed by atoms with Gasteiger partial charge in [-0.2, -0.15) is 0 Å². The van der Waals surface area contributed by atoms with E-state index in [-0.39, 0.29) is 17.0 Å². The lowest BCUT2D eigenvalue weighted by atomic mass is 10.1. The standard InChI is InChI=1S/C13H13OS/c1-15-12-8-4-2-6-10(12)14-11-7-3-5-9-13(11)15/h2-10,12H,1H3/q+1. The van der Waals surface area contributed by atoms with Gasteiger partial charge in [-0.3, -0.25) is 0 Å². The Bertz CT molecular complexity index is 436. The van der Waals surface area contributed by atoms with E-state index in [0.29, 0.717) is 5.25 Å². The molecule has 1 aromatic carbocycles. The zero-order valence-electron chi connectivity index (χ0n) is 8.59. The van der Waals surface area contributed by atoms with E-state index in [1.165, 1.54) is 4.90 Å². The van der Waals surface area contributed by atoms with Crippen molar-refractivity contribution in [3.63, 3.8) is 0 Å². The van der Waals surface area contributed by atoms with Gasteiger partial charge in [-0.05, 0) is 24.3 Å². The minimum atomic E-state index is 0.234. The summed E-state index contributed by atoms with van der Waals surface area (Å²) >= 11 is 0. The first kappa shape index (κ1) is 9.10. The van der Waals surface area contributed by atoms with Crippen molar-refractivity contribution < 1.29 is 4.74 Å². The number of fused-ring (bicyclic) bond motifs is 2. The summed E-state index contributed by atoms with van der Waals surface area (Å²) in [5, 5.41) is 0.518. The van der Waals surface area contributed by atoms with Gasteiger partial charge in [0.15, 0.2) is 22.0 Å². The van der Waals surface area contributed by atoms with Crippen LogP contribution >= 0.6 is 0 Å². The highest BCUT2D eigenvalue weighted by Gasteiger charge is 2.41. The molecule has 0 radical (unpaired) electrons. The molecule has 1 aliphatic heterocycles. The monoisotopic (exact) mass is 217 g/mol. The summed E-state index contributed by atoms with van der Waals surface area (Å²) in [6.45, 7) is 0. The van der Waals surface area contributed by atoms with Gasteiger partial charge < -0.3 is 4.74 Å². The molecule has 1 nitrogen and oxygen atoms in total. The third kappa shape index (κ3) is 1.40. The summed E-state index contributed by atoms with van der Waals surface area (Å²) in [6, 6.07) is 8.38. The number of hydrogen-bond acceptors (Lipinski definition) is 1. The highest BCUT2D eigenvalue weighted by molar-refractivity contribution is 7.97. The Labute approximate surface area is 92.8 Å². The van der Waals surface area contributed by atoms with E-state index in [4.69, 9.17) is 4.74 Å². The number of hydrogen-bond donors (Lipinski definition) is 0. The molecule has 1 heterocycles. The molecule has 2 aliphatic rings. The molecule has 15 heavy (non-hydrogen) atoms. The van der Waals surface area contributed by atoms with E-state index in [1.54, 1.807) is 0 Å². The lowest BCUT2D eigenvalue weighted by molar-refractivity contribution is 0.242. The van der Waals surface area contributed by atoms with Crippen LogP contribution in [0.5, 0.6) is 5.75 Å². The van der Waals surface area contributed by atoms with Crippen LogP contribution in [0.2, 0.25) is 0 Å². The van der Waals surface area contributed by atoms with Gasteiger partial charge in [0.1, 0.15) is 6.26 Å². The molecule has 0 N–H and O–H groups in total. The molecule has 3 unspecified atom stereocenters. The van der Waals surface area contributed by atoms with Crippen LogP contribution < -0.4 is 4.74 Å². The Balaban J connectivity index is 2.07. The third-order valence-corrected chi connectivity index (χ3v) is 5.18. The molecule has 0 saturated heterocycles.